The van der Waals surface area contributed by atoms with Crippen molar-refractivity contribution in [2.24, 2.45) is 0 Å². The molecule has 1 aromatic carbocycles. The molecular weight excluding hydrogens is 214 g/mol. The number of benzene rings is 1. The molecule has 0 unspecified atom stereocenters. The van der Waals surface area contributed by atoms with Crippen molar-refractivity contribution in [3.05, 3.63) is 28.8 Å². The second-order valence-corrected chi connectivity index (χ2v) is 3.41. The first-order valence-electron chi connectivity index (χ1n) is 4.92. The molecule has 0 saturated carbocycles. The Hall–Kier alpha value is -0.770. The average molecular weight is 230 g/mol. The van der Waals surface area contributed by atoms with Gasteiger partial charge in [0.25, 0.3) is 0 Å². The van der Waals surface area contributed by atoms with Gasteiger partial charge >= 0.3 is 0 Å². The van der Waals surface area contributed by atoms with Gasteiger partial charge in [-0.2, -0.15) is 0 Å². The first-order chi connectivity index (χ1) is 7.29. The van der Waals surface area contributed by atoms with Gasteiger partial charge in [0.15, 0.2) is 6.79 Å². The first kappa shape index (κ1) is 12.3. The molecule has 15 heavy (non-hydrogen) atoms. The molecule has 1 aromatic rings. The molecule has 0 heterocycles. The Morgan fingerprint density at radius 1 is 1.40 bits per heavy atom. The molecule has 0 radical (unpaired) electrons. The molecule has 1 N–H and O–H groups in total. The summed E-state index contributed by atoms with van der Waals surface area (Å²) in [5.74, 6) is 0.769. The second-order valence-electron chi connectivity index (χ2n) is 3.00. The molecule has 0 aromatic heterocycles. The molecule has 0 aliphatic heterocycles. The van der Waals surface area contributed by atoms with E-state index in [1.807, 2.05) is 32.2 Å². The maximum absolute atomic E-state index is 6.06. The number of hydrogen-bond donors (Lipinski definition) is 1. The Morgan fingerprint density at radius 2 is 2.20 bits per heavy atom. The third kappa shape index (κ3) is 3.70. The highest BCUT2D eigenvalue weighted by Gasteiger charge is 2.06. The van der Waals surface area contributed by atoms with E-state index in [2.05, 4.69) is 5.32 Å². The number of rotatable bonds is 6. The van der Waals surface area contributed by atoms with E-state index in [1.165, 1.54) is 0 Å². The minimum atomic E-state index is 0.257. The Kier molecular flexibility index (Phi) is 5.47. The monoisotopic (exact) mass is 229 g/mol. The van der Waals surface area contributed by atoms with Crippen molar-refractivity contribution in [3.63, 3.8) is 0 Å². The van der Waals surface area contributed by atoms with Gasteiger partial charge < -0.3 is 14.8 Å². The van der Waals surface area contributed by atoms with Crippen LogP contribution < -0.4 is 10.1 Å². The number of nitrogens with one attached hydrogen (secondary N) is 1. The molecule has 0 spiro atoms. The molecule has 3 nitrogen and oxygen atoms in total. The summed E-state index contributed by atoms with van der Waals surface area (Å²) in [6, 6.07) is 5.60. The quantitative estimate of drug-likeness (QED) is 0.600. The zero-order valence-corrected chi connectivity index (χ0v) is 9.80. The summed E-state index contributed by atoms with van der Waals surface area (Å²) in [6.45, 7) is 3.51. The van der Waals surface area contributed by atoms with Crippen LogP contribution in [0.1, 0.15) is 12.5 Å². The lowest BCUT2D eigenvalue weighted by atomic mass is 10.2. The van der Waals surface area contributed by atoms with E-state index in [1.54, 1.807) is 0 Å². The van der Waals surface area contributed by atoms with E-state index in [4.69, 9.17) is 21.1 Å². The minimum Gasteiger partial charge on any atom is -0.467 e. The van der Waals surface area contributed by atoms with Gasteiger partial charge in [0.2, 0.25) is 0 Å². The standard InChI is InChI=1S/C11H16ClNO2/c1-3-14-8-15-11-6-4-5-10(12)9(11)7-13-2/h4-6,13H,3,7-8H2,1-2H3. The zero-order chi connectivity index (χ0) is 11.1. The SMILES string of the molecule is CCOCOc1cccc(Cl)c1CNC. The molecule has 84 valence electrons. The van der Waals surface area contributed by atoms with Crippen LogP contribution in [0.25, 0.3) is 0 Å². The molecule has 0 bridgehead atoms. The summed E-state index contributed by atoms with van der Waals surface area (Å²) in [7, 11) is 1.87. The largest absolute Gasteiger partial charge is 0.467 e. The Labute approximate surface area is 95.3 Å². The van der Waals surface area contributed by atoms with Crippen LogP contribution in [0, 0.1) is 0 Å². The van der Waals surface area contributed by atoms with Crippen molar-refractivity contribution in [1.82, 2.24) is 5.32 Å². The van der Waals surface area contributed by atoms with Gasteiger partial charge in [-0.1, -0.05) is 17.7 Å². The van der Waals surface area contributed by atoms with Crippen LogP contribution >= 0.6 is 11.6 Å². The normalized spacial score (nSPS) is 10.3. The van der Waals surface area contributed by atoms with Crippen molar-refractivity contribution in [3.8, 4) is 5.75 Å². The van der Waals surface area contributed by atoms with Crippen molar-refractivity contribution in [2.45, 2.75) is 13.5 Å². The highest BCUT2D eigenvalue weighted by molar-refractivity contribution is 6.31. The highest BCUT2D eigenvalue weighted by atomic mass is 35.5. The van der Waals surface area contributed by atoms with Gasteiger partial charge in [-0.3, -0.25) is 0 Å². The van der Waals surface area contributed by atoms with Crippen LogP contribution in [-0.2, 0) is 11.3 Å². The summed E-state index contributed by atoms with van der Waals surface area (Å²) >= 11 is 6.06. The second kappa shape index (κ2) is 6.67. The predicted molar refractivity (Wildman–Crippen MR) is 61.3 cm³/mol. The lowest BCUT2D eigenvalue weighted by Crippen LogP contribution is -2.09. The lowest BCUT2D eigenvalue weighted by Gasteiger charge is -2.12. The molecule has 0 atom stereocenters. The summed E-state index contributed by atoms with van der Waals surface area (Å²) < 4.78 is 10.6. The average Bonchev–Trinajstić information content (AvgIpc) is 2.23. The third-order valence-corrected chi connectivity index (χ3v) is 2.29. The van der Waals surface area contributed by atoms with Gasteiger partial charge in [0, 0.05) is 23.7 Å². The van der Waals surface area contributed by atoms with E-state index in [9.17, 15) is 0 Å². The van der Waals surface area contributed by atoms with Crippen molar-refractivity contribution in [2.75, 3.05) is 20.4 Å². The van der Waals surface area contributed by atoms with E-state index in [0.29, 0.717) is 18.2 Å². The molecule has 0 aliphatic carbocycles. The van der Waals surface area contributed by atoms with Crippen LogP contribution in [0.15, 0.2) is 18.2 Å². The molecule has 0 aliphatic rings. The van der Waals surface area contributed by atoms with Crippen LogP contribution in [0.5, 0.6) is 5.75 Å². The fourth-order valence-corrected chi connectivity index (χ4v) is 1.44. The Balaban J connectivity index is 2.71. The van der Waals surface area contributed by atoms with E-state index in [-0.39, 0.29) is 6.79 Å². The van der Waals surface area contributed by atoms with Crippen LogP contribution in [0.3, 0.4) is 0 Å². The molecular formula is C11H16ClNO2. The van der Waals surface area contributed by atoms with Gasteiger partial charge in [-0.15, -0.1) is 0 Å². The third-order valence-electron chi connectivity index (χ3n) is 1.93. The van der Waals surface area contributed by atoms with Gasteiger partial charge in [-0.05, 0) is 26.1 Å². The topological polar surface area (TPSA) is 30.5 Å². The van der Waals surface area contributed by atoms with Gasteiger partial charge in [0.1, 0.15) is 5.75 Å². The molecule has 0 amide bonds. The van der Waals surface area contributed by atoms with Crippen molar-refractivity contribution >= 4 is 11.6 Å². The van der Waals surface area contributed by atoms with Crippen LogP contribution in [0.2, 0.25) is 5.02 Å². The summed E-state index contributed by atoms with van der Waals surface area (Å²) in [6.07, 6.45) is 0. The lowest BCUT2D eigenvalue weighted by molar-refractivity contribution is 0.0218. The maximum Gasteiger partial charge on any atom is 0.189 e. The van der Waals surface area contributed by atoms with Gasteiger partial charge in [0.05, 0.1) is 0 Å². The zero-order valence-electron chi connectivity index (χ0n) is 9.05. The summed E-state index contributed by atoms with van der Waals surface area (Å²) in [5, 5.41) is 3.76. The smallest absolute Gasteiger partial charge is 0.189 e. The Bertz CT molecular complexity index is 305. The van der Waals surface area contributed by atoms with Crippen molar-refractivity contribution in [1.29, 1.82) is 0 Å². The molecule has 0 fully saturated rings. The van der Waals surface area contributed by atoms with Crippen molar-refractivity contribution < 1.29 is 9.47 Å². The van der Waals surface area contributed by atoms with E-state index < -0.39 is 0 Å². The van der Waals surface area contributed by atoms with E-state index in [0.717, 1.165) is 11.3 Å². The van der Waals surface area contributed by atoms with Gasteiger partial charge in [-0.25, -0.2) is 0 Å². The predicted octanol–water partition coefficient (Wildman–Crippen LogP) is 2.43. The first-order valence-corrected chi connectivity index (χ1v) is 5.30. The number of halogens is 1. The maximum atomic E-state index is 6.06. The number of ether oxygens (including phenoxy) is 2. The highest BCUT2D eigenvalue weighted by Crippen LogP contribution is 2.26. The molecule has 0 saturated heterocycles. The molecule has 4 heteroatoms. The molecule has 1 rings (SSSR count). The summed E-state index contributed by atoms with van der Waals surface area (Å²) in [4.78, 5) is 0. The minimum absolute atomic E-state index is 0.257. The fraction of sp³-hybridized carbons (Fsp3) is 0.455. The van der Waals surface area contributed by atoms with Crippen LogP contribution in [-0.4, -0.2) is 20.4 Å². The fourth-order valence-electron chi connectivity index (χ4n) is 1.21. The van der Waals surface area contributed by atoms with Crippen LogP contribution in [0.4, 0.5) is 0 Å². The number of hydrogen-bond acceptors (Lipinski definition) is 3. The summed E-state index contributed by atoms with van der Waals surface area (Å²) in [5.41, 5.74) is 0.960. The Morgan fingerprint density at radius 3 is 2.87 bits per heavy atom. The van der Waals surface area contributed by atoms with E-state index >= 15 is 0 Å².